The molecule has 0 aromatic rings. The Morgan fingerprint density at radius 1 is 1.33 bits per heavy atom. The molecule has 2 aliphatic heterocycles. The van der Waals surface area contributed by atoms with Crippen LogP contribution in [0.25, 0.3) is 0 Å². The van der Waals surface area contributed by atoms with Crippen LogP contribution in [0, 0.1) is 5.92 Å². The highest BCUT2D eigenvalue weighted by atomic mass is 16.5. The molecule has 2 fully saturated rings. The van der Waals surface area contributed by atoms with E-state index >= 15 is 0 Å². The lowest BCUT2D eigenvalue weighted by Gasteiger charge is -2.39. The smallest absolute Gasteiger partial charge is 0.0641 e. The van der Waals surface area contributed by atoms with Crippen LogP contribution < -0.4 is 5.73 Å². The second-order valence-electron chi connectivity index (χ2n) is 5.85. The van der Waals surface area contributed by atoms with Crippen LogP contribution in [0.15, 0.2) is 0 Å². The molecule has 0 spiro atoms. The van der Waals surface area contributed by atoms with Gasteiger partial charge in [-0.2, -0.15) is 0 Å². The standard InChI is InChI=1S/C12H24N2O/c1-9-7-14(8-11(9)13)10-4-5-15-12(2,3)6-10/h9-11H,4-8,13H2,1-3H3. The molecule has 3 nitrogen and oxygen atoms in total. The van der Waals surface area contributed by atoms with Crippen LogP contribution in [0.4, 0.5) is 0 Å². The highest BCUT2D eigenvalue weighted by Gasteiger charge is 2.36. The second kappa shape index (κ2) is 4.04. The maximum atomic E-state index is 6.07. The van der Waals surface area contributed by atoms with Crippen LogP contribution >= 0.6 is 0 Å². The van der Waals surface area contributed by atoms with E-state index < -0.39 is 0 Å². The number of nitrogens with zero attached hydrogens (tertiary/aromatic N) is 1. The van der Waals surface area contributed by atoms with Crippen molar-refractivity contribution in [3.63, 3.8) is 0 Å². The third kappa shape index (κ3) is 2.52. The van der Waals surface area contributed by atoms with Gasteiger partial charge < -0.3 is 10.5 Å². The lowest BCUT2D eigenvalue weighted by atomic mass is 9.93. The number of hydrogen-bond acceptors (Lipinski definition) is 3. The van der Waals surface area contributed by atoms with Crippen LogP contribution in [-0.4, -0.2) is 42.3 Å². The van der Waals surface area contributed by atoms with Gasteiger partial charge in [-0.25, -0.2) is 0 Å². The summed E-state index contributed by atoms with van der Waals surface area (Å²) in [6.07, 6.45) is 2.31. The predicted octanol–water partition coefficient (Wildman–Crippen LogP) is 1.22. The average Bonchev–Trinajstić information content (AvgIpc) is 2.45. The van der Waals surface area contributed by atoms with Gasteiger partial charge in [0.1, 0.15) is 0 Å². The lowest BCUT2D eigenvalue weighted by Crippen LogP contribution is -2.45. The molecule has 2 aliphatic rings. The molecule has 0 aromatic carbocycles. The Morgan fingerprint density at radius 2 is 2.07 bits per heavy atom. The van der Waals surface area contributed by atoms with Crippen molar-refractivity contribution in [3.8, 4) is 0 Å². The fourth-order valence-corrected chi connectivity index (χ4v) is 2.84. The van der Waals surface area contributed by atoms with E-state index in [-0.39, 0.29) is 5.60 Å². The van der Waals surface area contributed by atoms with Gasteiger partial charge in [-0.15, -0.1) is 0 Å². The fourth-order valence-electron chi connectivity index (χ4n) is 2.84. The van der Waals surface area contributed by atoms with Gasteiger partial charge in [0, 0.05) is 31.8 Å². The van der Waals surface area contributed by atoms with Crippen molar-refractivity contribution in [3.05, 3.63) is 0 Å². The Hall–Kier alpha value is -0.120. The molecule has 88 valence electrons. The number of nitrogens with two attached hydrogens (primary N) is 1. The summed E-state index contributed by atoms with van der Waals surface area (Å²) in [6, 6.07) is 1.06. The normalized spacial score (nSPS) is 42.0. The largest absolute Gasteiger partial charge is 0.375 e. The summed E-state index contributed by atoms with van der Waals surface area (Å²) < 4.78 is 5.75. The van der Waals surface area contributed by atoms with Crippen LogP contribution in [0.2, 0.25) is 0 Å². The van der Waals surface area contributed by atoms with Crippen LogP contribution in [0.5, 0.6) is 0 Å². The van der Waals surface area contributed by atoms with Gasteiger partial charge in [-0.05, 0) is 32.6 Å². The molecule has 0 bridgehead atoms. The topological polar surface area (TPSA) is 38.5 Å². The Labute approximate surface area is 93.0 Å². The van der Waals surface area contributed by atoms with Crippen molar-refractivity contribution in [2.45, 2.75) is 51.3 Å². The summed E-state index contributed by atoms with van der Waals surface area (Å²) in [4.78, 5) is 2.57. The van der Waals surface area contributed by atoms with E-state index in [0.29, 0.717) is 18.0 Å². The molecule has 0 saturated carbocycles. The number of rotatable bonds is 1. The first-order valence-electron chi connectivity index (χ1n) is 6.11. The molecule has 0 aromatic heterocycles. The third-order valence-electron chi connectivity index (χ3n) is 3.89. The van der Waals surface area contributed by atoms with Crippen molar-refractivity contribution in [2.75, 3.05) is 19.7 Å². The Balaban J connectivity index is 1.94. The van der Waals surface area contributed by atoms with Crippen molar-refractivity contribution >= 4 is 0 Å². The summed E-state index contributed by atoms with van der Waals surface area (Å²) in [6.45, 7) is 9.79. The Bertz CT molecular complexity index is 220. The molecule has 3 atom stereocenters. The molecular weight excluding hydrogens is 188 g/mol. The molecular formula is C12H24N2O. The molecule has 3 unspecified atom stereocenters. The third-order valence-corrected chi connectivity index (χ3v) is 3.89. The predicted molar refractivity (Wildman–Crippen MR) is 61.8 cm³/mol. The van der Waals surface area contributed by atoms with E-state index in [0.717, 1.165) is 19.6 Å². The van der Waals surface area contributed by atoms with E-state index in [9.17, 15) is 0 Å². The van der Waals surface area contributed by atoms with E-state index in [1.165, 1.54) is 13.0 Å². The molecule has 2 saturated heterocycles. The van der Waals surface area contributed by atoms with Crippen molar-refractivity contribution in [1.82, 2.24) is 4.90 Å². The molecule has 2 rings (SSSR count). The van der Waals surface area contributed by atoms with Crippen molar-refractivity contribution < 1.29 is 4.74 Å². The first-order valence-corrected chi connectivity index (χ1v) is 6.11. The maximum absolute atomic E-state index is 6.07. The van der Waals surface area contributed by atoms with Gasteiger partial charge >= 0.3 is 0 Å². The van der Waals surface area contributed by atoms with Gasteiger partial charge in [0.15, 0.2) is 0 Å². The summed E-state index contributed by atoms with van der Waals surface area (Å²) >= 11 is 0. The summed E-state index contributed by atoms with van der Waals surface area (Å²) in [7, 11) is 0. The van der Waals surface area contributed by atoms with Gasteiger partial charge in [0.2, 0.25) is 0 Å². The quantitative estimate of drug-likeness (QED) is 0.710. The van der Waals surface area contributed by atoms with Gasteiger partial charge in [0.25, 0.3) is 0 Å². The summed E-state index contributed by atoms with van der Waals surface area (Å²) in [5.41, 5.74) is 6.12. The van der Waals surface area contributed by atoms with E-state index in [1.807, 2.05) is 0 Å². The van der Waals surface area contributed by atoms with Gasteiger partial charge in [0.05, 0.1) is 5.60 Å². The van der Waals surface area contributed by atoms with E-state index in [4.69, 9.17) is 10.5 Å². The zero-order valence-corrected chi connectivity index (χ0v) is 10.2. The Kier molecular flexibility index (Phi) is 3.06. The highest BCUT2D eigenvalue weighted by Crippen LogP contribution is 2.30. The molecule has 0 radical (unpaired) electrons. The first kappa shape index (κ1) is 11.4. The monoisotopic (exact) mass is 212 g/mol. The molecule has 0 aliphatic carbocycles. The molecule has 15 heavy (non-hydrogen) atoms. The lowest BCUT2D eigenvalue weighted by molar-refractivity contribution is -0.0807. The van der Waals surface area contributed by atoms with Crippen molar-refractivity contribution in [2.24, 2.45) is 11.7 Å². The molecule has 0 amide bonds. The number of hydrogen-bond donors (Lipinski definition) is 1. The zero-order chi connectivity index (χ0) is 11.1. The minimum absolute atomic E-state index is 0.0544. The van der Waals surface area contributed by atoms with Crippen molar-refractivity contribution in [1.29, 1.82) is 0 Å². The molecule has 2 N–H and O–H groups in total. The second-order valence-corrected chi connectivity index (χ2v) is 5.85. The van der Waals surface area contributed by atoms with E-state index in [1.54, 1.807) is 0 Å². The zero-order valence-electron chi connectivity index (χ0n) is 10.2. The molecule has 3 heteroatoms. The van der Waals surface area contributed by atoms with Gasteiger partial charge in [-0.1, -0.05) is 6.92 Å². The Morgan fingerprint density at radius 3 is 2.60 bits per heavy atom. The van der Waals surface area contributed by atoms with E-state index in [2.05, 4.69) is 25.7 Å². The average molecular weight is 212 g/mol. The first-order chi connectivity index (χ1) is 6.98. The fraction of sp³-hybridized carbons (Fsp3) is 1.00. The SMILES string of the molecule is CC1CN(C2CCOC(C)(C)C2)CC1N. The minimum atomic E-state index is 0.0544. The van der Waals surface area contributed by atoms with Crippen LogP contribution in [-0.2, 0) is 4.74 Å². The van der Waals surface area contributed by atoms with Crippen LogP contribution in [0.1, 0.15) is 33.6 Å². The minimum Gasteiger partial charge on any atom is -0.375 e. The molecule has 2 heterocycles. The number of likely N-dealkylation sites (tertiary alicyclic amines) is 1. The summed E-state index contributed by atoms with van der Waals surface area (Å²) in [5.74, 6) is 0.649. The van der Waals surface area contributed by atoms with Gasteiger partial charge in [-0.3, -0.25) is 4.90 Å². The van der Waals surface area contributed by atoms with Crippen LogP contribution in [0.3, 0.4) is 0 Å². The highest BCUT2D eigenvalue weighted by molar-refractivity contribution is 4.92. The maximum Gasteiger partial charge on any atom is 0.0641 e. The summed E-state index contributed by atoms with van der Waals surface area (Å²) in [5, 5.41) is 0. The number of ether oxygens (including phenoxy) is 1.